The van der Waals surface area contributed by atoms with Crippen molar-refractivity contribution in [1.82, 2.24) is 19.6 Å². The summed E-state index contributed by atoms with van der Waals surface area (Å²) >= 11 is 0. The van der Waals surface area contributed by atoms with Gasteiger partial charge in [-0.2, -0.15) is 18.3 Å². The number of hydrogen-bond donors (Lipinski definition) is 1. The van der Waals surface area contributed by atoms with Crippen LogP contribution in [0.15, 0.2) is 41.3 Å². The van der Waals surface area contributed by atoms with Crippen molar-refractivity contribution in [3.05, 3.63) is 52.4 Å². The Bertz CT molecular complexity index is 891. The molecule has 1 saturated heterocycles. The van der Waals surface area contributed by atoms with Gasteiger partial charge in [-0.3, -0.25) is 9.69 Å². The molecule has 0 aliphatic carbocycles. The normalized spacial score (nSPS) is 15.5. The Morgan fingerprint density at radius 3 is 2.28 bits per heavy atom. The van der Waals surface area contributed by atoms with Gasteiger partial charge in [-0.05, 0) is 18.2 Å². The number of carbonyl (C=O) groups is 1. The zero-order valence-electron chi connectivity index (χ0n) is 16.2. The highest BCUT2D eigenvalue weighted by atomic mass is 19.4. The molecule has 0 spiro atoms. The zero-order valence-corrected chi connectivity index (χ0v) is 16.2. The molecule has 1 aliphatic rings. The maximum Gasteiger partial charge on any atom is 0.490 e. The number of piperazine rings is 1. The minimum Gasteiger partial charge on any atom is -0.475 e. The fourth-order valence-electron chi connectivity index (χ4n) is 2.80. The maximum absolute atomic E-state index is 11.8. The second kappa shape index (κ2) is 9.66. The second-order valence-corrected chi connectivity index (χ2v) is 6.75. The Balaban J connectivity index is 0.000000370. The Labute approximate surface area is 166 Å². The molecular weight excluding hydrogens is 389 g/mol. The van der Waals surface area contributed by atoms with Crippen LogP contribution in [0, 0.1) is 0 Å². The van der Waals surface area contributed by atoms with E-state index < -0.39 is 12.1 Å². The van der Waals surface area contributed by atoms with E-state index >= 15 is 0 Å². The Hall–Kier alpha value is -2.72. The van der Waals surface area contributed by atoms with E-state index in [1.807, 2.05) is 6.07 Å². The fourth-order valence-corrected chi connectivity index (χ4v) is 2.80. The predicted octanol–water partition coefficient (Wildman–Crippen LogP) is 1.83. The van der Waals surface area contributed by atoms with Crippen LogP contribution in [0.4, 0.5) is 13.2 Å². The number of hydrogen-bond acceptors (Lipinski definition) is 5. The van der Waals surface area contributed by atoms with Crippen LogP contribution in [-0.4, -0.2) is 70.1 Å². The number of halogens is 3. The Morgan fingerprint density at radius 2 is 1.72 bits per heavy atom. The summed E-state index contributed by atoms with van der Waals surface area (Å²) in [6.45, 7) is 5.30. The smallest absolute Gasteiger partial charge is 0.475 e. The lowest BCUT2D eigenvalue weighted by atomic mass is 10.0. The number of aryl methyl sites for hydroxylation is 1. The molecular formula is C19H23F3N4O3. The average molecular weight is 412 g/mol. The van der Waals surface area contributed by atoms with Crippen molar-refractivity contribution in [2.75, 3.05) is 33.2 Å². The molecule has 3 rings (SSSR count). The van der Waals surface area contributed by atoms with Crippen molar-refractivity contribution in [1.29, 1.82) is 0 Å². The predicted molar refractivity (Wildman–Crippen MR) is 101 cm³/mol. The van der Waals surface area contributed by atoms with Crippen LogP contribution < -0.4 is 5.56 Å². The summed E-state index contributed by atoms with van der Waals surface area (Å²) in [4.78, 5) is 25.6. The first-order chi connectivity index (χ1) is 13.6. The fraction of sp³-hybridized carbons (Fsp3) is 0.421. The van der Waals surface area contributed by atoms with E-state index in [4.69, 9.17) is 9.90 Å². The van der Waals surface area contributed by atoms with Crippen molar-refractivity contribution in [3.8, 4) is 11.1 Å². The highest BCUT2D eigenvalue weighted by Crippen LogP contribution is 2.23. The molecule has 0 radical (unpaired) electrons. The van der Waals surface area contributed by atoms with Gasteiger partial charge in [-0.1, -0.05) is 24.3 Å². The van der Waals surface area contributed by atoms with Gasteiger partial charge in [0.1, 0.15) is 0 Å². The summed E-state index contributed by atoms with van der Waals surface area (Å²) in [6, 6.07) is 9.95. The largest absolute Gasteiger partial charge is 0.490 e. The highest BCUT2D eigenvalue weighted by Gasteiger charge is 2.38. The standard InChI is InChI=1S/C17H22N4O.C2HF3O2/c1-19-7-9-21(10-8-19)13-14-5-3-4-6-16(14)15-11-17(22)20(2)18-12-15;3-2(4,5)1(6)7/h3-6,11-12H,7-10,13H2,1-2H3;(H,6,7). The maximum atomic E-state index is 11.8. The van der Waals surface area contributed by atoms with Crippen LogP contribution in [0.5, 0.6) is 0 Å². The number of benzene rings is 1. The molecule has 0 saturated carbocycles. The molecule has 1 aromatic heterocycles. The number of carboxylic acids is 1. The molecule has 10 heteroatoms. The monoisotopic (exact) mass is 412 g/mol. The third-order valence-electron chi connectivity index (χ3n) is 4.53. The van der Waals surface area contributed by atoms with Crippen LogP contribution in [0.3, 0.4) is 0 Å². The summed E-state index contributed by atoms with van der Waals surface area (Å²) in [5, 5.41) is 11.3. The molecule has 0 bridgehead atoms. The van der Waals surface area contributed by atoms with Crippen molar-refractivity contribution in [3.63, 3.8) is 0 Å². The average Bonchev–Trinajstić information content (AvgIpc) is 2.66. The minimum atomic E-state index is -5.08. The quantitative estimate of drug-likeness (QED) is 0.829. The van der Waals surface area contributed by atoms with Gasteiger partial charge >= 0.3 is 12.1 Å². The van der Waals surface area contributed by atoms with Crippen LogP contribution in [0.1, 0.15) is 5.56 Å². The molecule has 158 valence electrons. The number of likely N-dealkylation sites (N-methyl/N-ethyl adjacent to an activating group) is 1. The SMILES string of the molecule is CN1CCN(Cc2ccccc2-c2cnn(C)c(=O)c2)CC1.O=C(O)C(F)(F)F. The van der Waals surface area contributed by atoms with Gasteiger partial charge < -0.3 is 10.0 Å². The highest BCUT2D eigenvalue weighted by molar-refractivity contribution is 5.73. The number of nitrogens with zero attached hydrogens (tertiary/aromatic N) is 4. The summed E-state index contributed by atoms with van der Waals surface area (Å²) in [7, 11) is 3.83. The van der Waals surface area contributed by atoms with E-state index in [1.54, 1.807) is 19.3 Å². The lowest BCUT2D eigenvalue weighted by Gasteiger charge is -2.32. The van der Waals surface area contributed by atoms with Crippen LogP contribution in [0.2, 0.25) is 0 Å². The van der Waals surface area contributed by atoms with Gasteiger partial charge in [0.15, 0.2) is 0 Å². The molecule has 0 unspecified atom stereocenters. The van der Waals surface area contributed by atoms with Gasteiger partial charge in [0.2, 0.25) is 0 Å². The number of rotatable bonds is 3. The molecule has 0 amide bonds. The van der Waals surface area contributed by atoms with Gasteiger partial charge in [0.05, 0.1) is 6.20 Å². The molecule has 1 N–H and O–H groups in total. The van der Waals surface area contributed by atoms with Crippen LogP contribution in [-0.2, 0) is 18.4 Å². The van der Waals surface area contributed by atoms with E-state index in [-0.39, 0.29) is 5.56 Å². The molecule has 1 aliphatic heterocycles. The summed E-state index contributed by atoms with van der Waals surface area (Å²) in [6.07, 6.45) is -3.32. The van der Waals surface area contributed by atoms with E-state index in [0.717, 1.165) is 43.9 Å². The van der Waals surface area contributed by atoms with E-state index in [1.165, 1.54) is 10.2 Å². The van der Waals surface area contributed by atoms with Gasteiger partial charge in [0, 0.05) is 51.4 Å². The van der Waals surface area contributed by atoms with Crippen molar-refractivity contribution in [2.24, 2.45) is 7.05 Å². The lowest BCUT2D eigenvalue weighted by Crippen LogP contribution is -2.43. The topological polar surface area (TPSA) is 78.7 Å². The van der Waals surface area contributed by atoms with E-state index in [0.29, 0.717) is 0 Å². The molecule has 2 aromatic rings. The van der Waals surface area contributed by atoms with Crippen molar-refractivity contribution < 1.29 is 23.1 Å². The third-order valence-corrected chi connectivity index (χ3v) is 4.53. The van der Waals surface area contributed by atoms with Gasteiger partial charge in [-0.15, -0.1) is 0 Å². The van der Waals surface area contributed by atoms with Crippen molar-refractivity contribution in [2.45, 2.75) is 12.7 Å². The summed E-state index contributed by atoms with van der Waals surface area (Å²) in [5.41, 5.74) is 3.17. The molecule has 29 heavy (non-hydrogen) atoms. The summed E-state index contributed by atoms with van der Waals surface area (Å²) in [5.74, 6) is -2.76. The van der Waals surface area contributed by atoms with Crippen LogP contribution in [0.25, 0.3) is 11.1 Å². The molecule has 1 aromatic carbocycles. The second-order valence-electron chi connectivity index (χ2n) is 6.75. The molecule has 2 heterocycles. The molecule has 1 fully saturated rings. The van der Waals surface area contributed by atoms with Crippen LogP contribution >= 0.6 is 0 Å². The zero-order chi connectivity index (χ0) is 21.6. The number of alkyl halides is 3. The first-order valence-corrected chi connectivity index (χ1v) is 8.90. The number of aromatic nitrogens is 2. The lowest BCUT2D eigenvalue weighted by molar-refractivity contribution is -0.192. The molecule has 0 atom stereocenters. The van der Waals surface area contributed by atoms with Crippen molar-refractivity contribution >= 4 is 5.97 Å². The number of carboxylic acid groups (broad SMARTS) is 1. The number of aliphatic carboxylic acids is 1. The summed E-state index contributed by atoms with van der Waals surface area (Å²) < 4.78 is 33.1. The third kappa shape index (κ3) is 6.68. The van der Waals surface area contributed by atoms with Gasteiger partial charge in [-0.25, -0.2) is 9.48 Å². The first-order valence-electron chi connectivity index (χ1n) is 8.90. The minimum absolute atomic E-state index is 0.0769. The van der Waals surface area contributed by atoms with E-state index in [9.17, 15) is 18.0 Å². The Kier molecular flexibility index (Phi) is 7.52. The Morgan fingerprint density at radius 1 is 1.14 bits per heavy atom. The van der Waals surface area contributed by atoms with Gasteiger partial charge in [0.25, 0.3) is 5.56 Å². The molecule has 7 nitrogen and oxygen atoms in total. The van der Waals surface area contributed by atoms with E-state index in [2.05, 4.69) is 40.1 Å². The first kappa shape index (κ1) is 22.6.